The SMILES string of the molecule is CCCCCCCN1C(=O)/C(=C/c2c(N3CCCCC3)nc3ccc(C)cn3c2=O)SC1=S. The van der Waals surface area contributed by atoms with Crippen molar-refractivity contribution in [2.45, 2.75) is 65.2 Å². The topological polar surface area (TPSA) is 57.9 Å². The Labute approximate surface area is 205 Å². The predicted molar refractivity (Wildman–Crippen MR) is 141 cm³/mol. The van der Waals surface area contributed by atoms with E-state index in [0.29, 0.717) is 32.8 Å². The van der Waals surface area contributed by atoms with E-state index in [2.05, 4.69) is 11.8 Å². The largest absolute Gasteiger partial charge is 0.356 e. The molecule has 4 rings (SSSR count). The molecule has 2 aliphatic heterocycles. The van der Waals surface area contributed by atoms with Crippen molar-refractivity contribution in [2.75, 3.05) is 24.5 Å². The summed E-state index contributed by atoms with van der Waals surface area (Å²) in [4.78, 5) is 36.0. The second kappa shape index (κ2) is 10.8. The number of aromatic nitrogens is 2. The van der Waals surface area contributed by atoms with Crippen molar-refractivity contribution in [3.8, 4) is 0 Å². The molecule has 0 bridgehead atoms. The third kappa shape index (κ3) is 5.32. The molecule has 0 N–H and O–H groups in total. The van der Waals surface area contributed by atoms with Gasteiger partial charge in [0.1, 0.15) is 15.8 Å². The summed E-state index contributed by atoms with van der Waals surface area (Å²) in [5.41, 5.74) is 1.94. The zero-order valence-corrected chi connectivity index (χ0v) is 21.1. The summed E-state index contributed by atoms with van der Waals surface area (Å²) in [5.74, 6) is 0.576. The van der Waals surface area contributed by atoms with Gasteiger partial charge in [0.25, 0.3) is 11.5 Å². The number of amides is 1. The van der Waals surface area contributed by atoms with E-state index in [1.165, 1.54) is 37.4 Å². The van der Waals surface area contributed by atoms with Gasteiger partial charge in [0.2, 0.25) is 0 Å². The first kappa shape index (κ1) is 24.0. The van der Waals surface area contributed by atoms with Crippen LogP contribution in [-0.4, -0.2) is 44.1 Å². The van der Waals surface area contributed by atoms with Crippen LogP contribution in [0.5, 0.6) is 0 Å². The highest BCUT2D eigenvalue weighted by Crippen LogP contribution is 2.34. The number of anilines is 1. The number of unbranched alkanes of at least 4 members (excludes halogenated alkanes) is 4. The summed E-state index contributed by atoms with van der Waals surface area (Å²) in [6.07, 6.45) is 12.5. The summed E-state index contributed by atoms with van der Waals surface area (Å²) in [6.45, 7) is 6.52. The van der Waals surface area contributed by atoms with E-state index >= 15 is 0 Å². The summed E-state index contributed by atoms with van der Waals surface area (Å²) >= 11 is 6.81. The van der Waals surface area contributed by atoms with E-state index in [4.69, 9.17) is 17.2 Å². The maximum atomic E-state index is 13.6. The number of thiocarbonyl (C=S) groups is 1. The van der Waals surface area contributed by atoms with Gasteiger partial charge in [-0.15, -0.1) is 0 Å². The number of hydrogen-bond acceptors (Lipinski definition) is 6. The van der Waals surface area contributed by atoms with Gasteiger partial charge in [-0.1, -0.05) is 62.7 Å². The lowest BCUT2D eigenvalue weighted by Crippen LogP contribution is -2.33. The average molecular weight is 485 g/mol. The van der Waals surface area contributed by atoms with Crippen molar-refractivity contribution >= 4 is 51.7 Å². The quantitative estimate of drug-likeness (QED) is 0.293. The third-order valence-electron chi connectivity index (χ3n) is 6.28. The summed E-state index contributed by atoms with van der Waals surface area (Å²) in [6, 6.07) is 3.85. The molecule has 2 saturated heterocycles. The molecule has 0 saturated carbocycles. The first-order valence-corrected chi connectivity index (χ1v) is 13.3. The Hall–Kier alpha value is -2.19. The molecule has 1 amide bonds. The normalized spacial score (nSPS) is 18.2. The highest BCUT2D eigenvalue weighted by Gasteiger charge is 2.32. The van der Waals surface area contributed by atoms with Gasteiger partial charge in [-0.3, -0.25) is 18.9 Å². The zero-order valence-electron chi connectivity index (χ0n) is 19.5. The van der Waals surface area contributed by atoms with Crippen LogP contribution >= 0.6 is 24.0 Å². The maximum Gasteiger partial charge on any atom is 0.267 e. The van der Waals surface area contributed by atoms with Gasteiger partial charge < -0.3 is 4.90 Å². The number of rotatable bonds is 8. The van der Waals surface area contributed by atoms with E-state index in [0.717, 1.165) is 44.3 Å². The number of piperidine rings is 1. The Morgan fingerprint density at radius 2 is 1.85 bits per heavy atom. The van der Waals surface area contributed by atoms with Crippen molar-refractivity contribution in [1.29, 1.82) is 0 Å². The number of carbonyl (C=O) groups is 1. The third-order valence-corrected chi connectivity index (χ3v) is 7.65. The van der Waals surface area contributed by atoms with Gasteiger partial charge >= 0.3 is 0 Å². The monoisotopic (exact) mass is 484 g/mol. The number of carbonyl (C=O) groups excluding carboxylic acids is 1. The molecule has 2 aliphatic rings. The Bertz CT molecular complexity index is 1140. The van der Waals surface area contributed by atoms with Crippen LogP contribution in [0.1, 0.15) is 69.4 Å². The molecule has 0 spiro atoms. The molecule has 0 radical (unpaired) electrons. The minimum Gasteiger partial charge on any atom is -0.356 e. The fourth-order valence-electron chi connectivity index (χ4n) is 4.42. The zero-order chi connectivity index (χ0) is 23.4. The maximum absolute atomic E-state index is 13.6. The van der Waals surface area contributed by atoms with Crippen molar-refractivity contribution in [3.05, 3.63) is 44.7 Å². The molecule has 2 aromatic heterocycles. The first-order chi connectivity index (χ1) is 16.0. The summed E-state index contributed by atoms with van der Waals surface area (Å²) in [7, 11) is 0. The lowest BCUT2D eigenvalue weighted by atomic mass is 10.1. The van der Waals surface area contributed by atoms with Crippen molar-refractivity contribution in [3.63, 3.8) is 0 Å². The first-order valence-electron chi connectivity index (χ1n) is 12.0. The van der Waals surface area contributed by atoms with Gasteiger partial charge in [0, 0.05) is 25.8 Å². The Balaban J connectivity index is 1.68. The van der Waals surface area contributed by atoms with Crippen LogP contribution in [0, 0.1) is 6.92 Å². The van der Waals surface area contributed by atoms with Crippen molar-refractivity contribution < 1.29 is 4.79 Å². The number of pyridine rings is 1. The Kier molecular flexibility index (Phi) is 7.86. The molecule has 2 aromatic rings. The van der Waals surface area contributed by atoms with E-state index in [1.807, 2.05) is 25.3 Å². The highest BCUT2D eigenvalue weighted by molar-refractivity contribution is 8.26. The lowest BCUT2D eigenvalue weighted by molar-refractivity contribution is -0.122. The van der Waals surface area contributed by atoms with Crippen LogP contribution in [0.2, 0.25) is 0 Å². The summed E-state index contributed by atoms with van der Waals surface area (Å²) < 4.78 is 2.16. The standard InChI is InChI=1S/C25H32N4O2S2/c1-3-4-5-6-10-15-28-24(31)20(33-25(28)32)16-19-22(27-13-8-7-9-14-27)26-21-12-11-18(2)17-29(21)23(19)30/h11-12,16-17H,3-10,13-15H2,1-2H3/b20-16-. The van der Waals surface area contributed by atoms with E-state index in [9.17, 15) is 9.59 Å². The van der Waals surface area contributed by atoms with E-state index in [-0.39, 0.29) is 11.5 Å². The van der Waals surface area contributed by atoms with Crippen molar-refractivity contribution in [1.82, 2.24) is 14.3 Å². The smallest absolute Gasteiger partial charge is 0.267 e. The molecule has 2 fully saturated rings. The second-order valence-corrected chi connectivity index (χ2v) is 10.6. The average Bonchev–Trinajstić information content (AvgIpc) is 3.08. The number of fused-ring (bicyclic) bond motifs is 1. The number of hydrogen-bond donors (Lipinski definition) is 0. The molecule has 0 unspecified atom stereocenters. The van der Waals surface area contributed by atoms with Crippen LogP contribution in [-0.2, 0) is 4.79 Å². The van der Waals surface area contributed by atoms with Gasteiger partial charge in [-0.05, 0) is 50.3 Å². The fraction of sp³-hybridized carbons (Fsp3) is 0.520. The second-order valence-electron chi connectivity index (χ2n) is 8.88. The van der Waals surface area contributed by atoms with Crippen LogP contribution < -0.4 is 10.5 Å². The van der Waals surface area contributed by atoms with Crippen LogP contribution in [0.4, 0.5) is 5.82 Å². The molecule has 0 aliphatic carbocycles. The van der Waals surface area contributed by atoms with Gasteiger partial charge in [0.15, 0.2) is 0 Å². The molecule has 0 atom stereocenters. The number of thioether (sulfide) groups is 1. The molecule has 6 nitrogen and oxygen atoms in total. The molecular formula is C25H32N4O2S2. The molecular weight excluding hydrogens is 452 g/mol. The van der Waals surface area contributed by atoms with Crippen LogP contribution in [0.3, 0.4) is 0 Å². The molecule has 33 heavy (non-hydrogen) atoms. The van der Waals surface area contributed by atoms with Gasteiger partial charge in [0.05, 0.1) is 10.5 Å². The Morgan fingerprint density at radius 1 is 1.09 bits per heavy atom. The predicted octanol–water partition coefficient (Wildman–Crippen LogP) is 5.16. The lowest BCUT2D eigenvalue weighted by Gasteiger charge is -2.29. The molecule has 176 valence electrons. The summed E-state index contributed by atoms with van der Waals surface area (Å²) in [5, 5.41) is 0. The number of nitrogens with zero attached hydrogens (tertiary/aromatic N) is 4. The molecule has 8 heteroatoms. The van der Waals surface area contributed by atoms with Crippen molar-refractivity contribution in [2.24, 2.45) is 0 Å². The minimum absolute atomic E-state index is 0.0983. The van der Waals surface area contributed by atoms with Gasteiger partial charge in [-0.25, -0.2) is 4.98 Å². The molecule has 4 heterocycles. The fourth-order valence-corrected chi connectivity index (χ4v) is 5.71. The highest BCUT2D eigenvalue weighted by atomic mass is 32.2. The Morgan fingerprint density at radius 3 is 2.61 bits per heavy atom. The van der Waals surface area contributed by atoms with E-state index < -0.39 is 0 Å². The van der Waals surface area contributed by atoms with E-state index in [1.54, 1.807) is 15.4 Å². The minimum atomic E-state index is -0.144. The number of aryl methyl sites for hydroxylation is 1. The van der Waals surface area contributed by atoms with Crippen LogP contribution in [0.15, 0.2) is 28.0 Å². The van der Waals surface area contributed by atoms with Gasteiger partial charge in [-0.2, -0.15) is 0 Å². The van der Waals surface area contributed by atoms with Crippen LogP contribution in [0.25, 0.3) is 11.7 Å². The molecule has 0 aromatic carbocycles.